The number of allylic oxidation sites excluding steroid dienone is 1. The van der Waals surface area contributed by atoms with E-state index < -0.39 is 0 Å². The van der Waals surface area contributed by atoms with Gasteiger partial charge >= 0.3 is 0 Å². The van der Waals surface area contributed by atoms with Crippen LogP contribution in [0.2, 0.25) is 0 Å². The molecule has 0 saturated heterocycles. The molecule has 0 radical (unpaired) electrons. The molecule has 4 aliphatic rings. The van der Waals surface area contributed by atoms with Crippen molar-refractivity contribution in [3.05, 3.63) is 59.7 Å². The third-order valence-corrected chi connectivity index (χ3v) is 11.9. The first-order valence-electron chi connectivity index (χ1n) is 14.5. The molecule has 188 valence electrons. The highest BCUT2D eigenvalue weighted by atomic mass is 15.2. The summed E-state index contributed by atoms with van der Waals surface area (Å²) in [6, 6.07) is 17.0. The predicted molar refractivity (Wildman–Crippen MR) is 150 cm³/mol. The smallest absolute Gasteiger partial charge is 0.0135 e. The van der Waals surface area contributed by atoms with Crippen molar-refractivity contribution in [3.63, 3.8) is 0 Å². The maximum absolute atomic E-state index is 2.75. The minimum Gasteiger partial charge on any atom is -0.298 e. The summed E-state index contributed by atoms with van der Waals surface area (Å²) in [6.07, 6.45) is 13.8. The van der Waals surface area contributed by atoms with Gasteiger partial charge in [-0.15, -0.1) is 0 Å². The van der Waals surface area contributed by atoms with E-state index in [1.54, 1.807) is 5.56 Å². The molecule has 0 aromatic heterocycles. The lowest BCUT2D eigenvalue weighted by Gasteiger charge is -2.59. The first-order valence-corrected chi connectivity index (χ1v) is 14.5. The Balaban J connectivity index is 1.26. The highest BCUT2D eigenvalue weighted by molar-refractivity contribution is 5.83. The molecule has 2 aromatic carbocycles. The van der Waals surface area contributed by atoms with Crippen molar-refractivity contribution in [1.29, 1.82) is 0 Å². The van der Waals surface area contributed by atoms with Crippen LogP contribution >= 0.6 is 0 Å². The number of hydrogen-bond donors (Lipinski definition) is 0. The molecule has 0 bridgehead atoms. The minimum atomic E-state index is 0.254. The van der Waals surface area contributed by atoms with Crippen molar-refractivity contribution in [1.82, 2.24) is 4.90 Å². The Labute approximate surface area is 214 Å². The van der Waals surface area contributed by atoms with Crippen molar-refractivity contribution in [2.24, 2.45) is 28.6 Å². The summed E-state index contributed by atoms with van der Waals surface area (Å²) in [5.74, 6) is 3.41. The Morgan fingerprint density at radius 3 is 2.40 bits per heavy atom. The van der Waals surface area contributed by atoms with E-state index in [1.165, 1.54) is 62.1 Å². The van der Waals surface area contributed by atoms with E-state index in [-0.39, 0.29) is 5.54 Å². The van der Waals surface area contributed by atoms with Gasteiger partial charge in [-0.25, -0.2) is 0 Å². The number of hydrogen-bond acceptors (Lipinski definition) is 1. The van der Waals surface area contributed by atoms with Gasteiger partial charge in [-0.3, -0.25) is 4.90 Å². The van der Waals surface area contributed by atoms with Crippen LogP contribution in [0.4, 0.5) is 0 Å². The number of fused-ring (bicyclic) bond motifs is 6. The molecule has 7 atom stereocenters. The van der Waals surface area contributed by atoms with Gasteiger partial charge in [0, 0.05) is 11.6 Å². The Bertz CT molecular complexity index is 1140. The summed E-state index contributed by atoms with van der Waals surface area (Å²) < 4.78 is 0. The molecule has 0 heterocycles. The Kier molecular flexibility index (Phi) is 5.57. The highest BCUT2D eigenvalue weighted by Gasteiger charge is 2.59. The molecule has 0 spiro atoms. The average molecular weight is 470 g/mol. The fraction of sp³-hybridized carbons (Fsp3) is 0.647. The second-order valence-corrected chi connectivity index (χ2v) is 14.2. The lowest BCUT2D eigenvalue weighted by Crippen LogP contribution is -2.53. The van der Waals surface area contributed by atoms with Crippen LogP contribution in [0.25, 0.3) is 10.8 Å². The molecule has 0 unspecified atom stereocenters. The molecule has 3 fully saturated rings. The molecule has 1 heteroatoms. The fourth-order valence-electron chi connectivity index (χ4n) is 9.49. The lowest BCUT2D eigenvalue weighted by atomic mass is 9.47. The average Bonchev–Trinajstić information content (AvgIpc) is 3.19. The van der Waals surface area contributed by atoms with Gasteiger partial charge in [-0.05, 0) is 130 Å². The third-order valence-electron chi connectivity index (χ3n) is 11.9. The summed E-state index contributed by atoms with van der Waals surface area (Å²) >= 11 is 0. The van der Waals surface area contributed by atoms with E-state index in [2.05, 4.69) is 95.1 Å². The van der Waals surface area contributed by atoms with Crippen molar-refractivity contribution in [3.8, 4) is 0 Å². The van der Waals surface area contributed by atoms with Gasteiger partial charge in [-0.1, -0.05) is 68.0 Å². The number of nitrogens with zero attached hydrogens (tertiary/aromatic N) is 1. The summed E-state index contributed by atoms with van der Waals surface area (Å²) in [4.78, 5) is 2.66. The van der Waals surface area contributed by atoms with E-state index in [9.17, 15) is 0 Å². The van der Waals surface area contributed by atoms with Gasteiger partial charge in [0.15, 0.2) is 0 Å². The topological polar surface area (TPSA) is 3.24 Å². The number of rotatable bonds is 2. The van der Waals surface area contributed by atoms with Crippen LogP contribution in [0.15, 0.2) is 54.1 Å². The van der Waals surface area contributed by atoms with Crippen LogP contribution in [0.5, 0.6) is 0 Å². The first kappa shape index (κ1) is 23.8. The highest BCUT2D eigenvalue weighted by Crippen LogP contribution is 2.68. The van der Waals surface area contributed by atoms with E-state index in [4.69, 9.17) is 0 Å². The Morgan fingerprint density at radius 1 is 0.857 bits per heavy atom. The second-order valence-electron chi connectivity index (χ2n) is 14.2. The monoisotopic (exact) mass is 469 g/mol. The zero-order valence-electron chi connectivity index (χ0n) is 23.1. The van der Waals surface area contributed by atoms with Gasteiger partial charge in [0.2, 0.25) is 0 Å². The maximum atomic E-state index is 2.75. The van der Waals surface area contributed by atoms with Crippen molar-refractivity contribution in [2.75, 3.05) is 7.05 Å². The molecule has 0 N–H and O–H groups in total. The Morgan fingerprint density at radius 2 is 1.63 bits per heavy atom. The van der Waals surface area contributed by atoms with E-state index in [0.717, 1.165) is 23.7 Å². The zero-order chi connectivity index (χ0) is 24.6. The van der Waals surface area contributed by atoms with E-state index in [1.807, 2.05) is 5.57 Å². The van der Waals surface area contributed by atoms with Crippen LogP contribution in [0, 0.1) is 28.6 Å². The first-order chi connectivity index (χ1) is 16.6. The maximum Gasteiger partial charge on any atom is 0.0135 e. The quantitative estimate of drug-likeness (QED) is 0.397. The van der Waals surface area contributed by atoms with Gasteiger partial charge in [0.1, 0.15) is 0 Å². The fourth-order valence-corrected chi connectivity index (χ4v) is 9.49. The Hall–Kier alpha value is -1.60. The minimum absolute atomic E-state index is 0.254. The molecule has 35 heavy (non-hydrogen) atoms. The van der Waals surface area contributed by atoms with E-state index in [0.29, 0.717) is 16.9 Å². The standard InChI is InChI=1S/C34H47N/c1-32(2,3)35(6)27-17-19-33(4)26(22-27)13-14-28-30-16-15-29(34(30,5)20-18-31(28)33)25-12-11-23-9-7-8-10-24(23)21-25/h7-13,21,27-31H,14-20,22H2,1-6H3/t27-,28-,29+,30-,31-,33-,34+/m0/s1. The molecule has 1 nitrogen and oxygen atoms in total. The van der Waals surface area contributed by atoms with Gasteiger partial charge in [-0.2, -0.15) is 0 Å². The summed E-state index contributed by atoms with van der Waals surface area (Å²) in [5, 5.41) is 2.80. The van der Waals surface area contributed by atoms with Crippen LogP contribution in [0.3, 0.4) is 0 Å². The van der Waals surface area contributed by atoms with Crippen molar-refractivity contribution in [2.45, 2.75) is 103 Å². The van der Waals surface area contributed by atoms with E-state index >= 15 is 0 Å². The van der Waals surface area contributed by atoms with Crippen molar-refractivity contribution < 1.29 is 0 Å². The third kappa shape index (κ3) is 3.66. The summed E-state index contributed by atoms with van der Waals surface area (Å²) in [7, 11) is 2.36. The molecule has 2 aromatic rings. The molecular weight excluding hydrogens is 422 g/mol. The SMILES string of the molecule is CN([C@H]1CC[C@@]2(C)C(=CC[C@H]3[C@@H]4CC[C@H](c5ccc6ccccc6c5)[C@@]4(C)CC[C@@H]32)C1)C(C)(C)C. The molecule has 6 rings (SSSR count). The second kappa shape index (κ2) is 8.20. The van der Waals surface area contributed by atoms with Gasteiger partial charge in [0.05, 0.1) is 0 Å². The summed E-state index contributed by atoms with van der Waals surface area (Å²) in [5.41, 5.74) is 4.59. The molecule has 0 amide bonds. The summed E-state index contributed by atoms with van der Waals surface area (Å²) in [6.45, 7) is 12.5. The van der Waals surface area contributed by atoms with Crippen LogP contribution in [0.1, 0.15) is 97.5 Å². The molecule has 3 saturated carbocycles. The largest absolute Gasteiger partial charge is 0.298 e. The zero-order valence-corrected chi connectivity index (χ0v) is 23.1. The predicted octanol–water partition coefficient (Wildman–Crippen LogP) is 8.99. The number of benzene rings is 2. The molecular formula is C34H47N. The van der Waals surface area contributed by atoms with Crippen LogP contribution in [-0.2, 0) is 0 Å². The van der Waals surface area contributed by atoms with Gasteiger partial charge < -0.3 is 0 Å². The normalized spacial score (nSPS) is 39.2. The lowest BCUT2D eigenvalue weighted by molar-refractivity contribution is -0.0399. The van der Waals surface area contributed by atoms with Crippen LogP contribution < -0.4 is 0 Å². The van der Waals surface area contributed by atoms with Crippen molar-refractivity contribution >= 4 is 10.8 Å². The van der Waals surface area contributed by atoms with Crippen LogP contribution in [-0.4, -0.2) is 23.5 Å². The van der Waals surface area contributed by atoms with Gasteiger partial charge in [0.25, 0.3) is 0 Å². The molecule has 0 aliphatic heterocycles. The molecule has 4 aliphatic carbocycles.